The summed E-state index contributed by atoms with van der Waals surface area (Å²) >= 11 is 1.25. The van der Waals surface area contributed by atoms with Gasteiger partial charge in [-0.15, -0.1) is 11.3 Å². The number of hydrogen-bond donors (Lipinski definition) is 0. The minimum absolute atomic E-state index is 0.116. The van der Waals surface area contributed by atoms with E-state index in [0.29, 0.717) is 29.4 Å². The first-order valence-corrected chi connectivity index (χ1v) is 10.7. The van der Waals surface area contributed by atoms with E-state index in [-0.39, 0.29) is 11.3 Å². The van der Waals surface area contributed by atoms with E-state index >= 15 is 0 Å². The Labute approximate surface area is 147 Å². The molecule has 0 unspecified atom stereocenters. The van der Waals surface area contributed by atoms with Gasteiger partial charge in [-0.3, -0.25) is 4.79 Å². The molecule has 1 aromatic heterocycles. The molecule has 1 amide bonds. The molecule has 2 aliphatic heterocycles. The molecule has 0 N–H and O–H groups in total. The van der Waals surface area contributed by atoms with Gasteiger partial charge in [0.15, 0.2) is 4.21 Å². The lowest BCUT2D eigenvalue weighted by Gasteiger charge is -2.40. The fraction of sp³-hybridized carbons (Fsp3) is 0.750. The quantitative estimate of drug-likeness (QED) is 0.799. The van der Waals surface area contributed by atoms with Gasteiger partial charge in [-0.1, -0.05) is 0 Å². The summed E-state index contributed by atoms with van der Waals surface area (Å²) in [5.41, 5.74) is 0.713. The average Bonchev–Trinajstić information content (AvgIpc) is 2.83. The molecule has 1 spiro atoms. The van der Waals surface area contributed by atoms with Crippen LogP contribution in [0, 0.1) is 19.3 Å². The third-order valence-electron chi connectivity index (χ3n) is 5.49. The smallest absolute Gasteiger partial charge is 0.254 e. The maximum atomic E-state index is 12.9. The predicted octanol–water partition coefficient (Wildman–Crippen LogP) is 2.17. The number of piperidine rings is 1. The van der Waals surface area contributed by atoms with Crippen molar-refractivity contribution in [3.63, 3.8) is 0 Å². The Morgan fingerprint density at radius 3 is 2.29 bits per heavy atom. The van der Waals surface area contributed by atoms with Crippen LogP contribution in [-0.2, 0) is 14.8 Å². The molecule has 2 fully saturated rings. The van der Waals surface area contributed by atoms with Crippen molar-refractivity contribution in [2.75, 3.05) is 26.7 Å². The summed E-state index contributed by atoms with van der Waals surface area (Å²) in [5.74, 6) is 0.206. The summed E-state index contributed by atoms with van der Waals surface area (Å²) < 4.78 is 27.8. The number of aromatic nitrogens is 1. The molecule has 134 valence electrons. The Morgan fingerprint density at radius 2 is 1.71 bits per heavy atom. The number of hydrogen-bond acceptors (Lipinski definition) is 5. The van der Waals surface area contributed by atoms with Gasteiger partial charge in [-0.25, -0.2) is 13.4 Å². The first-order chi connectivity index (χ1) is 11.2. The molecule has 24 heavy (non-hydrogen) atoms. The lowest BCUT2D eigenvalue weighted by molar-refractivity contribution is -0.129. The summed E-state index contributed by atoms with van der Waals surface area (Å²) in [5, 5.41) is 0.782. The number of likely N-dealkylation sites (tertiary alicyclic amines) is 1. The lowest BCUT2D eigenvalue weighted by Crippen LogP contribution is -2.43. The van der Waals surface area contributed by atoms with E-state index in [1.165, 1.54) is 11.3 Å². The summed E-state index contributed by atoms with van der Waals surface area (Å²) in [6.45, 7) is 5.45. The largest absolute Gasteiger partial charge is 0.346 e. The van der Waals surface area contributed by atoms with Crippen LogP contribution < -0.4 is 0 Å². The second-order valence-electron chi connectivity index (χ2n) is 7.08. The van der Waals surface area contributed by atoms with Crippen molar-refractivity contribution in [1.29, 1.82) is 0 Å². The number of nitrogens with zero attached hydrogens (tertiary/aromatic N) is 3. The van der Waals surface area contributed by atoms with Crippen LogP contribution in [-0.4, -0.2) is 55.2 Å². The highest BCUT2D eigenvalue weighted by molar-refractivity contribution is 7.91. The Morgan fingerprint density at radius 1 is 1.08 bits per heavy atom. The third-order valence-corrected chi connectivity index (χ3v) is 9.05. The number of sulfonamides is 1. The Hall–Kier alpha value is -0.990. The van der Waals surface area contributed by atoms with Gasteiger partial charge < -0.3 is 4.90 Å². The number of carbonyl (C=O) groups excluding carboxylic acids is 1. The van der Waals surface area contributed by atoms with Gasteiger partial charge in [0.25, 0.3) is 10.0 Å². The number of amides is 1. The van der Waals surface area contributed by atoms with Crippen molar-refractivity contribution >= 4 is 27.3 Å². The Kier molecular flexibility index (Phi) is 4.74. The van der Waals surface area contributed by atoms with Crippen molar-refractivity contribution < 1.29 is 13.2 Å². The van der Waals surface area contributed by atoms with Gasteiger partial charge in [-0.2, -0.15) is 4.31 Å². The highest BCUT2D eigenvalue weighted by Crippen LogP contribution is 2.42. The number of aryl methyl sites for hydroxylation is 2. The van der Waals surface area contributed by atoms with Gasteiger partial charge >= 0.3 is 0 Å². The second-order valence-corrected chi connectivity index (χ2v) is 10.4. The van der Waals surface area contributed by atoms with Crippen LogP contribution in [0.2, 0.25) is 0 Å². The van der Waals surface area contributed by atoms with E-state index in [4.69, 9.17) is 0 Å². The zero-order valence-electron chi connectivity index (χ0n) is 14.5. The third kappa shape index (κ3) is 3.23. The normalized spacial score (nSPS) is 22.8. The van der Waals surface area contributed by atoms with E-state index in [9.17, 15) is 13.2 Å². The molecule has 0 aromatic carbocycles. The van der Waals surface area contributed by atoms with Gasteiger partial charge in [0, 0.05) is 33.1 Å². The first-order valence-electron chi connectivity index (χ1n) is 8.42. The minimum atomic E-state index is -3.45. The van der Waals surface area contributed by atoms with E-state index in [1.807, 2.05) is 14.0 Å². The molecule has 0 bridgehead atoms. The highest BCUT2D eigenvalue weighted by atomic mass is 32.2. The maximum absolute atomic E-state index is 12.9. The van der Waals surface area contributed by atoms with Crippen molar-refractivity contribution in [1.82, 2.24) is 14.2 Å². The van der Waals surface area contributed by atoms with Crippen molar-refractivity contribution in [2.45, 2.75) is 50.2 Å². The molecular formula is C16H25N3O3S2. The van der Waals surface area contributed by atoms with Crippen LogP contribution in [0.15, 0.2) is 4.21 Å². The zero-order valence-corrected chi connectivity index (χ0v) is 16.2. The van der Waals surface area contributed by atoms with E-state index in [1.54, 1.807) is 16.1 Å². The summed E-state index contributed by atoms with van der Waals surface area (Å²) in [6, 6.07) is 0. The van der Waals surface area contributed by atoms with Gasteiger partial charge in [-0.05, 0) is 44.9 Å². The Balaban J connectivity index is 1.73. The van der Waals surface area contributed by atoms with Gasteiger partial charge in [0.05, 0.1) is 10.7 Å². The van der Waals surface area contributed by atoms with E-state index in [2.05, 4.69) is 4.98 Å². The fourth-order valence-corrected chi connectivity index (χ4v) is 6.85. The summed E-state index contributed by atoms with van der Waals surface area (Å²) in [4.78, 5) is 18.0. The standard InChI is InChI=1S/C16H25N3O3S2/c1-12-15(23-13(2)17-12)24(21,22)19-10-7-16(8-11-19)5-4-14(20)18(3)9-6-16/h4-11H2,1-3H3. The van der Waals surface area contributed by atoms with Crippen molar-refractivity contribution in [3.05, 3.63) is 10.7 Å². The van der Waals surface area contributed by atoms with Crippen LogP contribution in [0.4, 0.5) is 0 Å². The SMILES string of the molecule is Cc1nc(C)c(S(=O)(=O)N2CCC3(CCC(=O)N(C)CC3)CC2)s1. The predicted molar refractivity (Wildman–Crippen MR) is 93.5 cm³/mol. The molecule has 3 rings (SSSR count). The molecule has 1 aromatic rings. The van der Waals surface area contributed by atoms with Crippen molar-refractivity contribution in [3.8, 4) is 0 Å². The molecule has 0 atom stereocenters. The molecule has 0 aliphatic carbocycles. The summed E-state index contributed by atoms with van der Waals surface area (Å²) in [6.07, 6.45) is 4.11. The van der Waals surface area contributed by atoms with Crippen LogP contribution in [0.5, 0.6) is 0 Å². The van der Waals surface area contributed by atoms with E-state index < -0.39 is 10.0 Å². The van der Waals surface area contributed by atoms with E-state index in [0.717, 1.165) is 37.2 Å². The van der Waals surface area contributed by atoms with Crippen molar-refractivity contribution in [2.24, 2.45) is 5.41 Å². The molecular weight excluding hydrogens is 346 g/mol. The molecule has 0 saturated carbocycles. The van der Waals surface area contributed by atoms with Gasteiger partial charge in [0.1, 0.15) is 0 Å². The van der Waals surface area contributed by atoms with Crippen LogP contribution >= 0.6 is 11.3 Å². The molecule has 2 aliphatic rings. The molecule has 0 radical (unpaired) electrons. The first kappa shape index (κ1) is 17.8. The van der Waals surface area contributed by atoms with Crippen LogP contribution in [0.25, 0.3) is 0 Å². The minimum Gasteiger partial charge on any atom is -0.346 e. The highest BCUT2D eigenvalue weighted by Gasteiger charge is 2.41. The summed E-state index contributed by atoms with van der Waals surface area (Å²) in [7, 11) is -1.59. The van der Waals surface area contributed by atoms with Crippen LogP contribution in [0.3, 0.4) is 0 Å². The molecule has 2 saturated heterocycles. The average molecular weight is 372 g/mol. The topological polar surface area (TPSA) is 70.6 Å². The number of carbonyl (C=O) groups is 1. The number of rotatable bonds is 2. The monoisotopic (exact) mass is 371 g/mol. The molecule has 6 nitrogen and oxygen atoms in total. The molecule has 8 heteroatoms. The van der Waals surface area contributed by atoms with Crippen LogP contribution in [0.1, 0.15) is 42.8 Å². The fourth-order valence-electron chi connectivity index (χ4n) is 3.79. The zero-order chi connectivity index (χ0) is 17.5. The lowest BCUT2D eigenvalue weighted by atomic mass is 9.73. The second kappa shape index (κ2) is 6.38. The van der Waals surface area contributed by atoms with Gasteiger partial charge in [0.2, 0.25) is 5.91 Å². The Bertz CT molecular complexity index is 734. The maximum Gasteiger partial charge on any atom is 0.254 e. The molecule has 3 heterocycles. The number of thiazole rings is 1.